The van der Waals surface area contributed by atoms with E-state index in [9.17, 15) is 0 Å². The first kappa shape index (κ1) is 19.9. The van der Waals surface area contributed by atoms with Crippen molar-refractivity contribution < 1.29 is 0 Å². The lowest BCUT2D eigenvalue weighted by atomic mass is 9.80. The Labute approximate surface area is 144 Å². The zero-order chi connectivity index (χ0) is 16.9. The summed E-state index contributed by atoms with van der Waals surface area (Å²) in [6.07, 6.45) is 15.9. The maximum Gasteiger partial charge on any atom is 0.0166 e. The summed E-state index contributed by atoms with van der Waals surface area (Å²) in [4.78, 5) is 4.99. The molecular formula is C21H36N2. The van der Waals surface area contributed by atoms with Gasteiger partial charge in [0, 0.05) is 39.3 Å². The van der Waals surface area contributed by atoms with E-state index in [2.05, 4.69) is 48.6 Å². The predicted octanol–water partition coefficient (Wildman–Crippen LogP) is 4.53. The summed E-state index contributed by atoms with van der Waals surface area (Å²) in [6.45, 7) is 20.1. The van der Waals surface area contributed by atoms with E-state index in [1.54, 1.807) is 0 Å². The largest absolute Gasteiger partial charge is 0.296 e. The fraction of sp³-hybridized carbons (Fsp3) is 0.619. The van der Waals surface area contributed by atoms with Crippen molar-refractivity contribution in [3.63, 3.8) is 0 Å². The van der Waals surface area contributed by atoms with Gasteiger partial charge in [0.15, 0.2) is 0 Å². The molecule has 23 heavy (non-hydrogen) atoms. The Balaban J connectivity index is 2.49. The maximum absolute atomic E-state index is 3.91. The maximum atomic E-state index is 3.91. The van der Waals surface area contributed by atoms with Gasteiger partial charge >= 0.3 is 0 Å². The smallest absolute Gasteiger partial charge is 0.0166 e. The topological polar surface area (TPSA) is 6.48 Å². The molecule has 2 nitrogen and oxygen atoms in total. The molecule has 1 aliphatic rings. The molecule has 2 unspecified atom stereocenters. The molecule has 0 aromatic rings. The van der Waals surface area contributed by atoms with Crippen LogP contribution in [0.3, 0.4) is 0 Å². The number of allylic oxidation sites excluding steroid dienone is 1. The number of nitrogens with zero attached hydrogens (tertiary/aromatic N) is 2. The van der Waals surface area contributed by atoms with Crippen molar-refractivity contribution in [3.05, 3.63) is 50.1 Å². The van der Waals surface area contributed by atoms with Gasteiger partial charge in [0.1, 0.15) is 0 Å². The molecule has 0 radical (unpaired) electrons. The van der Waals surface area contributed by atoms with Gasteiger partial charge in [-0.3, -0.25) is 9.80 Å². The molecule has 1 saturated carbocycles. The second kappa shape index (κ2) is 12.3. The van der Waals surface area contributed by atoms with Gasteiger partial charge in [-0.25, -0.2) is 0 Å². The van der Waals surface area contributed by atoms with Crippen molar-refractivity contribution in [1.29, 1.82) is 0 Å². The van der Waals surface area contributed by atoms with Gasteiger partial charge in [-0.15, -0.1) is 19.7 Å². The molecule has 1 aliphatic carbocycles. The first-order valence-electron chi connectivity index (χ1n) is 9.12. The summed E-state index contributed by atoms with van der Waals surface area (Å²) in [5.74, 6) is 1.65. The van der Waals surface area contributed by atoms with Gasteiger partial charge in [0.25, 0.3) is 0 Å². The first-order valence-corrected chi connectivity index (χ1v) is 9.12. The van der Waals surface area contributed by atoms with Gasteiger partial charge < -0.3 is 0 Å². The van der Waals surface area contributed by atoms with Crippen molar-refractivity contribution in [2.45, 2.75) is 32.6 Å². The molecule has 2 atom stereocenters. The van der Waals surface area contributed by atoms with Crippen molar-refractivity contribution in [3.8, 4) is 0 Å². The van der Waals surface area contributed by atoms with E-state index in [0.717, 1.165) is 38.0 Å². The van der Waals surface area contributed by atoms with Crippen molar-refractivity contribution in [2.24, 2.45) is 11.8 Å². The molecule has 1 rings (SSSR count). The molecule has 0 N–H and O–H groups in total. The van der Waals surface area contributed by atoms with E-state index in [-0.39, 0.29) is 0 Å². The highest BCUT2D eigenvalue weighted by Crippen LogP contribution is 2.30. The monoisotopic (exact) mass is 316 g/mol. The molecular weight excluding hydrogens is 280 g/mol. The number of hydrogen-bond acceptors (Lipinski definition) is 2. The Morgan fingerprint density at radius 3 is 1.74 bits per heavy atom. The summed E-state index contributed by atoms with van der Waals surface area (Å²) < 4.78 is 0. The molecule has 0 heterocycles. The molecule has 0 aliphatic heterocycles. The van der Waals surface area contributed by atoms with Crippen LogP contribution < -0.4 is 0 Å². The van der Waals surface area contributed by atoms with Gasteiger partial charge in [0.2, 0.25) is 0 Å². The molecule has 0 spiro atoms. The van der Waals surface area contributed by atoms with Crippen LogP contribution in [0.15, 0.2) is 50.1 Å². The lowest BCUT2D eigenvalue weighted by Crippen LogP contribution is -2.36. The standard InChI is InChI=1S/C21H36N2/c1-5-9-16-23(15-8-4)19-21-12-10-11-20(17-21)18-22(13-6-2)14-7-3/h5-9,20-21H,2-4,10-19H2,1H3/b9-5+. The molecule has 130 valence electrons. The minimum absolute atomic E-state index is 0.820. The summed E-state index contributed by atoms with van der Waals surface area (Å²) in [5.41, 5.74) is 0. The molecule has 1 fully saturated rings. The number of hydrogen-bond donors (Lipinski definition) is 0. The third-order valence-electron chi connectivity index (χ3n) is 4.69. The van der Waals surface area contributed by atoms with Gasteiger partial charge in [-0.2, -0.15) is 0 Å². The van der Waals surface area contributed by atoms with Crippen LogP contribution in [0, 0.1) is 11.8 Å². The summed E-state index contributed by atoms with van der Waals surface area (Å²) in [5, 5.41) is 0. The Hall–Kier alpha value is -1.12. The van der Waals surface area contributed by atoms with Crippen LogP contribution in [0.25, 0.3) is 0 Å². The molecule has 0 aromatic heterocycles. The Kier molecular flexibility index (Phi) is 10.7. The van der Waals surface area contributed by atoms with Gasteiger partial charge in [-0.1, -0.05) is 36.8 Å². The second-order valence-electron chi connectivity index (χ2n) is 6.77. The minimum Gasteiger partial charge on any atom is -0.296 e. The fourth-order valence-electron chi connectivity index (χ4n) is 3.71. The normalized spacial score (nSPS) is 21.9. The Morgan fingerprint density at radius 1 is 0.826 bits per heavy atom. The van der Waals surface area contributed by atoms with E-state index in [1.807, 2.05) is 18.2 Å². The van der Waals surface area contributed by atoms with Crippen LogP contribution >= 0.6 is 0 Å². The lowest BCUT2D eigenvalue weighted by molar-refractivity contribution is 0.163. The average Bonchev–Trinajstić information content (AvgIpc) is 2.54. The van der Waals surface area contributed by atoms with Gasteiger partial charge in [-0.05, 0) is 38.0 Å². The first-order chi connectivity index (χ1) is 11.2. The van der Waals surface area contributed by atoms with Crippen molar-refractivity contribution in [2.75, 3.05) is 39.3 Å². The van der Waals surface area contributed by atoms with E-state index < -0.39 is 0 Å². The van der Waals surface area contributed by atoms with E-state index >= 15 is 0 Å². The number of rotatable bonds is 12. The molecule has 0 aromatic carbocycles. The van der Waals surface area contributed by atoms with Crippen molar-refractivity contribution in [1.82, 2.24) is 9.80 Å². The average molecular weight is 317 g/mol. The van der Waals surface area contributed by atoms with Crippen molar-refractivity contribution >= 4 is 0 Å². The quantitative estimate of drug-likeness (QED) is 0.488. The minimum atomic E-state index is 0.820. The van der Waals surface area contributed by atoms with Crippen LogP contribution in [0.5, 0.6) is 0 Å². The second-order valence-corrected chi connectivity index (χ2v) is 6.77. The van der Waals surface area contributed by atoms with Crippen LogP contribution in [-0.4, -0.2) is 49.1 Å². The van der Waals surface area contributed by atoms with E-state index in [4.69, 9.17) is 0 Å². The molecule has 2 heteroatoms. The highest BCUT2D eigenvalue weighted by Gasteiger charge is 2.24. The molecule has 0 amide bonds. The summed E-state index contributed by atoms with van der Waals surface area (Å²) >= 11 is 0. The van der Waals surface area contributed by atoms with E-state index in [1.165, 1.54) is 38.8 Å². The molecule has 0 saturated heterocycles. The summed E-state index contributed by atoms with van der Waals surface area (Å²) in [7, 11) is 0. The Bertz CT molecular complexity index is 362. The Morgan fingerprint density at radius 2 is 1.30 bits per heavy atom. The highest BCUT2D eigenvalue weighted by molar-refractivity contribution is 4.87. The molecule has 0 bridgehead atoms. The van der Waals surface area contributed by atoms with Crippen LogP contribution in [0.4, 0.5) is 0 Å². The van der Waals surface area contributed by atoms with Crippen LogP contribution in [-0.2, 0) is 0 Å². The third-order valence-corrected chi connectivity index (χ3v) is 4.69. The lowest BCUT2D eigenvalue weighted by Gasteiger charge is -2.35. The fourth-order valence-corrected chi connectivity index (χ4v) is 3.71. The summed E-state index contributed by atoms with van der Waals surface area (Å²) in [6, 6.07) is 0. The van der Waals surface area contributed by atoms with E-state index in [0.29, 0.717) is 0 Å². The predicted molar refractivity (Wildman–Crippen MR) is 104 cm³/mol. The zero-order valence-corrected chi connectivity index (χ0v) is 15.1. The third kappa shape index (κ3) is 8.34. The SMILES string of the molecule is C=CCN(CC=C)CC1CCCC(CN(CC=C)C/C=C/C)C1. The van der Waals surface area contributed by atoms with Crippen LogP contribution in [0.2, 0.25) is 0 Å². The highest BCUT2D eigenvalue weighted by atomic mass is 15.1. The zero-order valence-electron chi connectivity index (χ0n) is 15.1. The van der Waals surface area contributed by atoms with Crippen LogP contribution in [0.1, 0.15) is 32.6 Å². The van der Waals surface area contributed by atoms with Gasteiger partial charge in [0.05, 0.1) is 0 Å².